The van der Waals surface area contributed by atoms with Crippen LogP contribution in [-0.4, -0.2) is 12.1 Å². The number of carbonyl (C=O) groups is 1. The van der Waals surface area contributed by atoms with Gasteiger partial charge in [0.05, 0.1) is 5.92 Å². The molecule has 2 nitrogen and oxygen atoms in total. The maximum Gasteiger partial charge on any atom is 0.309 e. The zero-order valence-electron chi connectivity index (χ0n) is 12.1. The van der Waals surface area contributed by atoms with Gasteiger partial charge in [-0.15, -0.1) is 0 Å². The molecule has 0 N–H and O–H groups in total. The van der Waals surface area contributed by atoms with Crippen molar-refractivity contribution >= 4 is 5.97 Å². The Morgan fingerprint density at radius 2 is 2.00 bits per heavy atom. The molecule has 0 radical (unpaired) electrons. The van der Waals surface area contributed by atoms with Gasteiger partial charge in [-0.3, -0.25) is 4.79 Å². The molecule has 0 spiro atoms. The van der Waals surface area contributed by atoms with Gasteiger partial charge in [0.15, 0.2) is 0 Å². The highest BCUT2D eigenvalue weighted by atomic mass is 16.5. The molecule has 2 saturated carbocycles. The zero-order valence-corrected chi connectivity index (χ0v) is 12.1. The molecule has 0 amide bonds. The quantitative estimate of drug-likeness (QED) is 0.664. The fourth-order valence-corrected chi connectivity index (χ4v) is 5.25. The van der Waals surface area contributed by atoms with Gasteiger partial charge in [-0.05, 0) is 48.9 Å². The summed E-state index contributed by atoms with van der Waals surface area (Å²) in [4.78, 5) is 12.3. The van der Waals surface area contributed by atoms with Crippen molar-refractivity contribution < 1.29 is 9.53 Å². The van der Waals surface area contributed by atoms with Gasteiger partial charge in [-0.1, -0.05) is 27.7 Å². The first-order valence-corrected chi connectivity index (χ1v) is 7.65. The largest absolute Gasteiger partial charge is 0.462 e. The van der Waals surface area contributed by atoms with E-state index in [0.717, 1.165) is 6.42 Å². The first kappa shape index (κ1) is 12.5. The molecule has 0 aromatic heterocycles. The van der Waals surface area contributed by atoms with Crippen LogP contribution in [0.2, 0.25) is 0 Å². The lowest BCUT2D eigenvalue weighted by molar-refractivity contribution is -0.223. The van der Waals surface area contributed by atoms with Crippen molar-refractivity contribution in [1.82, 2.24) is 0 Å². The van der Waals surface area contributed by atoms with Crippen molar-refractivity contribution in [1.29, 1.82) is 0 Å². The fraction of sp³-hybridized carbons (Fsp3) is 0.938. The molecule has 4 bridgehead atoms. The van der Waals surface area contributed by atoms with Crippen molar-refractivity contribution in [3.05, 3.63) is 0 Å². The molecule has 0 aromatic rings. The number of hydrogen-bond donors (Lipinski definition) is 0. The number of rotatable bonds is 1. The SMILES string of the molecule is CC(C)[C@@H]1CC[C@@]2(C)C3CC[C@H](C)[C@@H]2C1OC3=O. The van der Waals surface area contributed by atoms with Crippen LogP contribution in [0.4, 0.5) is 0 Å². The van der Waals surface area contributed by atoms with Crippen LogP contribution in [0.25, 0.3) is 0 Å². The van der Waals surface area contributed by atoms with E-state index in [1.165, 1.54) is 19.3 Å². The van der Waals surface area contributed by atoms with Crippen molar-refractivity contribution in [2.45, 2.75) is 59.5 Å². The highest BCUT2D eigenvalue weighted by molar-refractivity contribution is 5.75. The molecule has 0 aromatic carbocycles. The Hall–Kier alpha value is -0.530. The highest BCUT2D eigenvalue weighted by Crippen LogP contribution is 2.61. The van der Waals surface area contributed by atoms with E-state index < -0.39 is 0 Å². The minimum absolute atomic E-state index is 0.107. The maximum absolute atomic E-state index is 12.3. The van der Waals surface area contributed by atoms with Gasteiger partial charge in [0.25, 0.3) is 0 Å². The summed E-state index contributed by atoms with van der Waals surface area (Å²) in [6, 6.07) is 0. The smallest absolute Gasteiger partial charge is 0.309 e. The number of esters is 1. The third-order valence-corrected chi connectivity index (χ3v) is 6.27. The number of carbonyl (C=O) groups excluding carboxylic acids is 1. The van der Waals surface area contributed by atoms with E-state index in [4.69, 9.17) is 4.74 Å². The Morgan fingerprint density at radius 3 is 2.67 bits per heavy atom. The monoisotopic (exact) mass is 250 g/mol. The van der Waals surface area contributed by atoms with Crippen LogP contribution >= 0.6 is 0 Å². The van der Waals surface area contributed by atoms with E-state index in [-0.39, 0.29) is 23.4 Å². The molecule has 2 unspecified atom stereocenters. The molecule has 3 aliphatic rings. The lowest BCUT2D eigenvalue weighted by atomic mass is 9.48. The molecule has 102 valence electrons. The average Bonchev–Trinajstić information content (AvgIpc) is 2.25. The van der Waals surface area contributed by atoms with Gasteiger partial charge in [-0.25, -0.2) is 0 Å². The molecule has 6 atom stereocenters. The van der Waals surface area contributed by atoms with E-state index in [1.807, 2.05) is 0 Å². The van der Waals surface area contributed by atoms with Crippen LogP contribution < -0.4 is 0 Å². The molecule has 1 saturated heterocycles. The second kappa shape index (κ2) is 3.98. The lowest BCUT2D eigenvalue weighted by Gasteiger charge is -2.60. The van der Waals surface area contributed by atoms with Crippen LogP contribution in [0, 0.1) is 35.0 Å². The van der Waals surface area contributed by atoms with Crippen LogP contribution in [-0.2, 0) is 9.53 Å². The van der Waals surface area contributed by atoms with Gasteiger partial charge >= 0.3 is 5.97 Å². The van der Waals surface area contributed by atoms with Gasteiger partial charge < -0.3 is 4.74 Å². The molecular weight excluding hydrogens is 224 g/mol. The lowest BCUT2D eigenvalue weighted by Crippen LogP contribution is -2.62. The molecule has 2 heteroatoms. The summed E-state index contributed by atoms with van der Waals surface area (Å²) in [7, 11) is 0. The third-order valence-electron chi connectivity index (χ3n) is 6.27. The summed E-state index contributed by atoms with van der Waals surface area (Å²) in [5, 5.41) is 0. The van der Waals surface area contributed by atoms with Crippen LogP contribution in [0.3, 0.4) is 0 Å². The Kier molecular flexibility index (Phi) is 2.76. The average molecular weight is 250 g/mol. The Morgan fingerprint density at radius 1 is 1.28 bits per heavy atom. The third kappa shape index (κ3) is 1.50. The Bertz CT molecular complexity index is 362. The summed E-state index contributed by atoms with van der Waals surface area (Å²) in [5.74, 6) is 2.81. The van der Waals surface area contributed by atoms with Crippen LogP contribution in [0.15, 0.2) is 0 Å². The molecule has 2 aliphatic carbocycles. The summed E-state index contributed by atoms with van der Waals surface area (Å²) in [6.07, 6.45) is 4.92. The fourth-order valence-electron chi connectivity index (χ4n) is 5.25. The van der Waals surface area contributed by atoms with E-state index in [2.05, 4.69) is 27.7 Å². The normalized spacial score (nSPS) is 51.2. The van der Waals surface area contributed by atoms with Gasteiger partial charge in [0, 0.05) is 5.92 Å². The summed E-state index contributed by atoms with van der Waals surface area (Å²) in [5.41, 5.74) is 0.225. The van der Waals surface area contributed by atoms with E-state index >= 15 is 0 Å². The van der Waals surface area contributed by atoms with Crippen molar-refractivity contribution in [2.24, 2.45) is 35.0 Å². The zero-order chi connectivity index (χ0) is 13.1. The minimum atomic E-state index is 0.107. The number of hydrogen-bond acceptors (Lipinski definition) is 2. The van der Waals surface area contributed by atoms with Crippen molar-refractivity contribution in [3.63, 3.8) is 0 Å². The Labute approximate surface area is 110 Å². The molecule has 3 fully saturated rings. The number of ether oxygens (including phenoxy) is 1. The van der Waals surface area contributed by atoms with Crippen molar-refractivity contribution in [2.75, 3.05) is 0 Å². The summed E-state index contributed by atoms with van der Waals surface area (Å²) >= 11 is 0. The topological polar surface area (TPSA) is 26.3 Å². The first-order chi connectivity index (χ1) is 8.45. The van der Waals surface area contributed by atoms with Gasteiger partial charge in [0.1, 0.15) is 6.10 Å². The summed E-state index contributed by atoms with van der Waals surface area (Å²) in [6.45, 7) is 9.29. The molecule has 1 heterocycles. The minimum Gasteiger partial charge on any atom is -0.462 e. The van der Waals surface area contributed by atoms with E-state index in [0.29, 0.717) is 23.7 Å². The molecule has 1 aliphatic heterocycles. The predicted octanol–water partition coefficient (Wildman–Crippen LogP) is 3.65. The second-order valence-corrected chi connectivity index (χ2v) is 7.49. The van der Waals surface area contributed by atoms with Crippen LogP contribution in [0.1, 0.15) is 53.4 Å². The van der Waals surface area contributed by atoms with E-state index in [9.17, 15) is 4.79 Å². The van der Waals surface area contributed by atoms with Gasteiger partial charge in [-0.2, -0.15) is 0 Å². The highest BCUT2D eigenvalue weighted by Gasteiger charge is 2.61. The maximum atomic E-state index is 12.3. The predicted molar refractivity (Wildman–Crippen MR) is 70.9 cm³/mol. The first-order valence-electron chi connectivity index (χ1n) is 7.65. The molecular formula is C16H26O2. The second-order valence-electron chi connectivity index (χ2n) is 7.49. The molecule has 18 heavy (non-hydrogen) atoms. The standard InChI is InChI=1S/C16H26O2/c1-9(2)11-7-8-16(4)12-6-5-10(3)13(16)14(11)18-15(12)17/h9-14H,5-8H2,1-4H3/t10-,11-,12?,13+,14?,16-/m0/s1. The Balaban J connectivity index is 2.00. The van der Waals surface area contributed by atoms with Crippen molar-refractivity contribution in [3.8, 4) is 0 Å². The van der Waals surface area contributed by atoms with E-state index in [1.54, 1.807) is 0 Å². The molecule has 3 rings (SSSR count). The summed E-state index contributed by atoms with van der Waals surface area (Å²) < 4.78 is 5.89. The van der Waals surface area contributed by atoms with Crippen LogP contribution in [0.5, 0.6) is 0 Å². The van der Waals surface area contributed by atoms with Gasteiger partial charge in [0.2, 0.25) is 0 Å².